The van der Waals surface area contributed by atoms with Crippen LogP contribution >= 0.6 is 34.2 Å². The highest BCUT2D eigenvalue weighted by atomic mass is 127. The second-order valence-electron chi connectivity index (χ2n) is 2.68. The number of alkyl halides is 2. The van der Waals surface area contributed by atoms with Crippen LogP contribution in [0.1, 0.15) is 17.7 Å². The van der Waals surface area contributed by atoms with E-state index in [0.717, 1.165) is 0 Å². The molecule has 0 unspecified atom stereocenters. The van der Waals surface area contributed by atoms with Crippen molar-refractivity contribution in [2.75, 3.05) is 0 Å². The summed E-state index contributed by atoms with van der Waals surface area (Å²) in [6.07, 6.45) is -3.31. The molecular weight excluding hydrogens is 342 g/mol. The number of hydrogen-bond donors (Lipinski definition) is 1. The van der Waals surface area contributed by atoms with Crippen LogP contribution in [0.4, 0.5) is 8.78 Å². The van der Waals surface area contributed by atoms with Gasteiger partial charge in [0.1, 0.15) is 9.39 Å². The van der Waals surface area contributed by atoms with Gasteiger partial charge in [0.2, 0.25) is 0 Å². The second-order valence-corrected chi connectivity index (χ2v) is 4.11. The molecule has 0 radical (unpaired) electrons. The quantitative estimate of drug-likeness (QED) is 0.676. The summed E-state index contributed by atoms with van der Waals surface area (Å²) in [5, 5.41) is 8.69. The van der Waals surface area contributed by atoms with E-state index in [4.69, 9.17) is 16.7 Å². The molecule has 0 saturated heterocycles. The van der Waals surface area contributed by atoms with E-state index in [0.29, 0.717) is 0 Å². The van der Waals surface area contributed by atoms with Gasteiger partial charge in [-0.15, -0.1) is 0 Å². The minimum atomic E-state index is -2.80. The summed E-state index contributed by atoms with van der Waals surface area (Å²) >= 11 is 7.38. The molecule has 3 nitrogen and oxygen atoms in total. The van der Waals surface area contributed by atoms with Gasteiger partial charge in [-0.05, 0) is 34.2 Å². The Morgan fingerprint density at radius 1 is 1.67 bits per heavy atom. The van der Waals surface area contributed by atoms with Gasteiger partial charge in [0.05, 0.1) is 11.4 Å². The summed E-state index contributed by atoms with van der Waals surface area (Å²) < 4.78 is 25.2. The lowest BCUT2D eigenvalue weighted by molar-refractivity contribution is -0.136. The number of aliphatic carboxylic acids is 1. The first kappa shape index (κ1) is 12.6. The lowest BCUT2D eigenvalue weighted by Crippen LogP contribution is -2.07. The van der Waals surface area contributed by atoms with Crippen molar-refractivity contribution < 1.29 is 18.7 Å². The van der Waals surface area contributed by atoms with Crippen molar-refractivity contribution in [1.82, 2.24) is 4.98 Å². The Bertz CT molecular complexity index is 400. The first-order chi connectivity index (χ1) is 6.91. The van der Waals surface area contributed by atoms with E-state index < -0.39 is 24.5 Å². The van der Waals surface area contributed by atoms with Gasteiger partial charge in [0.25, 0.3) is 6.43 Å². The Kier molecular flexibility index (Phi) is 4.21. The van der Waals surface area contributed by atoms with E-state index in [2.05, 4.69) is 4.98 Å². The van der Waals surface area contributed by atoms with E-state index in [1.54, 1.807) is 22.6 Å². The molecule has 0 fully saturated rings. The fourth-order valence-corrected chi connectivity index (χ4v) is 1.60. The molecule has 1 N–H and O–H groups in total. The van der Waals surface area contributed by atoms with Gasteiger partial charge in [0.15, 0.2) is 0 Å². The Morgan fingerprint density at radius 2 is 2.27 bits per heavy atom. The van der Waals surface area contributed by atoms with Crippen LogP contribution < -0.4 is 0 Å². The largest absolute Gasteiger partial charge is 0.481 e. The molecule has 1 rings (SSSR count). The van der Waals surface area contributed by atoms with Gasteiger partial charge in [-0.1, -0.05) is 11.6 Å². The molecule has 82 valence electrons. The maximum absolute atomic E-state index is 12.5. The second kappa shape index (κ2) is 5.02. The first-order valence-corrected chi connectivity index (χ1v) is 5.22. The van der Waals surface area contributed by atoms with Gasteiger partial charge in [-0.25, -0.2) is 13.8 Å². The third-order valence-corrected chi connectivity index (χ3v) is 3.02. The highest BCUT2D eigenvalue weighted by Gasteiger charge is 2.19. The van der Waals surface area contributed by atoms with Crippen LogP contribution in [-0.4, -0.2) is 16.1 Å². The van der Waals surface area contributed by atoms with Gasteiger partial charge in [0, 0.05) is 0 Å². The minimum Gasteiger partial charge on any atom is -0.481 e. The average molecular weight is 347 g/mol. The van der Waals surface area contributed by atoms with Gasteiger partial charge >= 0.3 is 5.97 Å². The van der Waals surface area contributed by atoms with Crippen LogP contribution in [0.15, 0.2) is 6.07 Å². The van der Waals surface area contributed by atoms with Crippen LogP contribution in [0.2, 0.25) is 5.02 Å². The number of carboxylic acids is 1. The zero-order valence-corrected chi connectivity index (χ0v) is 10.1. The molecule has 15 heavy (non-hydrogen) atoms. The van der Waals surface area contributed by atoms with Gasteiger partial charge < -0.3 is 5.11 Å². The van der Waals surface area contributed by atoms with Gasteiger partial charge in [-0.2, -0.15) is 0 Å². The number of carboxylic acid groups (broad SMARTS) is 1. The Hall–Kier alpha value is -0.500. The van der Waals surface area contributed by atoms with Crippen LogP contribution in [0.3, 0.4) is 0 Å². The lowest BCUT2D eigenvalue weighted by Gasteiger charge is -2.07. The average Bonchev–Trinajstić information content (AvgIpc) is 2.09. The first-order valence-electron chi connectivity index (χ1n) is 3.76. The van der Waals surface area contributed by atoms with Crippen LogP contribution in [0.25, 0.3) is 0 Å². The predicted octanol–water partition coefficient (Wildman–Crippen LogP) is 2.90. The summed E-state index contributed by atoms with van der Waals surface area (Å²) in [5.41, 5.74) is -0.575. The van der Waals surface area contributed by atoms with Crippen molar-refractivity contribution in [3.8, 4) is 0 Å². The fraction of sp³-hybridized carbons (Fsp3) is 0.250. The maximum Gasteiger partial charge on any atom is 0.307 e. The molecule has 0 aliphatic heterocycles. The molecule has 1 heterocycles. The molecule has 0 bridgehead atoms. The van der Waals surface area contributed by atoms with Crippen molar-refractivity contribution in [1.29, 1.82) is 0 Å². The number of aromatic nitrogens is 1. The molecular formula is C8H5ClF2INO2. The molecule has 1 aromatic rings. The standard InChI is InChI=1S/C8H5ClF2INO2/c9-4-1-3(2-5(14)15)6(7(10)11)13-8(4)12/h1,7H,2H2,(H,14,15). The van der Waals surface area contributed by atoms with Crippen LogP contribution in [-0.2, 0) is 11.2 Å². The van der Waals surface area contributed by atoms with Crippen LogP contribution in [0.5, 0.6) is 0 Å². The number of nitrogens with zero attached hydrogens (tertiary/aromatic N) is 1. The van der Waals surface area contributed by atoms with Crippen molar-refractivity contribution in [3.05, 3.63) is 26.0 Å². The van der Waals surface area contributed by atoms with Crippen molar-refractivity contribution >= 4 is 40.2 Å². The Morgan fingerprint density at radius 3 is 2.73 bits per heavy atom. The SMILES string of the molecule is O=C(O)Cc1cc(Cl)c(I)nc1C(F)F. The molecule has 0 atom stereocenters. The van der Waals surface area contributed by atoms with E-state index in [9.17, 15) is 13.6 Å². The van der Waals surface area contributed by atoms with Crippen LogP contribution in [0, 0.1) is 3.70 Å². The molecule has 0 aromatic carbocycles. The maximum atomic E-state index is 12.5. The summed E-state index contributed by atoms with van der Waals surface area (Å²) in [5.74, 6) is -1.20. The third-order valence-electron chi connectivity index (χ3n) is 1.59. The molecule has 0 amide bonds. The predicted molar refractivity (Wildman–Crippen MR) is 58.3 cm³/mol. The number of rotatable bonds is 3. The zero-order chi connectivity index (χ0) is 11.6. The smallest absolute Gasteiger partial charge is 0.307 e. The van der Waals surface area contributed by atoms with E-state index in [-0.39, 0.29) is 14.3 Å². The van der Waals surface area contributed by atoms with Crippen molar-refractivity contribution in [2.24, 2.45) is 0 Å². The van der Waals surface area contributed by atoms with Gasteiger partial charge in [-0.3, -0.25) is 4.79 Å². The summed E-state index contributed by atoms with van der Waals surface area (Å²) in [6, 6.07) is 1.21. The summed E-state index contributed by atoms with van der Waals surface area (Å²) in [4.78, 5) is 14.0. The molecule has 0 spiro atoms. The summed E-state index contributed by atoms with van der Waals surface area (Å²) in [6.45, 7) is 0. The Labute approximate surface area is 103 Å². The monoisotopic (exact) mass is 347 g/mol. The highest BCUT2D eigenvalue weighted by molar-refractivity contribution is 14.1. The molecule has 0 saturated carbocycles. The molecule has 0 aliphatic carbocycles. The van der Waals surface area contributed by atoms with E-state index >= 15 is 0 Å². The zero-order valence-electron chi connectivity index (χ0n) is 7.18. The normalized spacial score (nSPS) is 10.7. The molecule has 0 aliphatic rings. The number of hydrogen-bond acceptors (Lipinski definition) is 2. The number of pyridine rings is 1. The number of carbonyl (C=O) groups is 1. The fourth-order valence-electron chi connectivity index (χ4n) is 1.01. The minimum absolute atomic E-state index is 0.0529. The molecule has 7 heteroatoms. The lowest BCUT2D eigenvalue weighted by atomic mass is 10.1. The molecule has 1 aromatic heterocycles. The van der Waals surface area contributed by atoms with E-state index in [1.807, 2.05) is 0 Å². The summed E-state index contributed by atoms with van der Waals surface area (Å²) in [7, 11) is 0. The number of halogens is 4. The Balaban J connectivity index is 3.21. The van der Waals surface area contributed by atoms with Crippen molar-refractivity contribution in [3.63, 3.8) is 0 Å². The van der Waals surface area contributed by atoms with Crippen molar-refractivity contribution in [2.45, 2.75) is 12.8 Å². The third kappa shape index (κ3) is 3.23. The van der Waals surface area contributed by atoms with E-state index in [1.165, 1.54) is 6.07 Å². The topological polar surface area (TPSA) is 50.2 Å². The highest BCUT2D eigenvalue weighted by Crippen LogP contribution is 2.26.